The van der Waals surface area contributed by atoms with Crippen molar-refractivity contribution in [1.29, 1.82) is 0 Å². The van der Waals surface area contributed by atoms with E-state index in [2.05, 4.69) is 10.3 Å². The van der Waals surface area contributed by atoms with Gasteiger partial charge in [0, 0.05) is 11.6 Å². The first-order valence-corrected chi connectivity index (χ1v) is 7.37. The monoisotopic (exact) mass is 312 g/mol. The number of carbonyl (C=O) groups excluding carboxylic acids is 1. The van der Waals surface area contributed by atoms with Gasteiger partial charge in [-0.15, -0.1) is 0 Å². The lowest BCUT2D eigenvalue weighted by Gasteiger charge is -2.21. The zero-order valence-electron chi connectivity index (χ0n) is 12.6. The topological polar surface area (TPSA) is 65.1 Å². The summed E-state index contributed by atoms with van der Waals surface area (Å²) in [5.41, 5.74) is 1.83. The Balaban J connectivity index is 1.76. The largest absolute Gasteiger partial charge is 0.386 e. The fourth-order valence-corrected chi connectivity index (χ4v) is 2.59. The Morgan fingerprint density at radius 2 is 1.91 bits per heavy atom. The van der Waals surface area contributed by atoms with Gasteiger partial charge in [-0.1, -0.05) is 24.3 Å². The van der Waals surface area contributed by atoms with E-state index in [1.54, 1.807) is 19.2 Å². The molecule has 0 radical (unpaired) electrons. The Hall–Kier alpha value is -2.66. The van der Waals surface area contributed by atoms with E-state index < -0.39 is 12.1 Å². The highest BCUT2D eigenvalue weighted by atomic mass is 19.1. The molecule has 0 aliphatic rings. The Kier molecular flexibility index (Phi) is 4.12. The van der Waals surface area contributed by atoms with Crippen LogP contribution in [0.15, 0.2) is 54.7 Å². The van der Waals surface area contributed by atoms with Crippen molar-refractivity contribution in [3.8, 4) is 0 Å². The average Bonchev–Trinajstić information content (AvgIpc) is 3.03. The molecule has 0 aliphatic carbocycles. The molecule has 23 heavy (non-hydrogen) atoms. The van der Waals surface area contributed by atoms with Crippen molar-refractivity contribution in [2.24, 2.45) is 0 Å². The van der Waals surface area contributed by atoms with E-state index in [1.165, 1.54) is 24.3 Å². The van der Waals surface area contributed by atoms with Crippen LogP contribution in [-0.4, -0.2) is 22.0 Å². The summed E-state index contributed by atoms with van der Waals surface area (Å²) in [5.74, 6) is -0.636. The number of fused-ring (bicyclic) bond motifs is 1. The third-order valence-corrected chi connectivity index (χ3v) is 3.88. The lowest BCUT2D eigenvalue weighted by atomic mass is 10.0. The summed E-state index contributed by atoms with van der Waals surface area (Å²) in [4.78, 5) is 15.5. The highest BCUT2D eigenvalue weighted by Crippen LogP contribution is 2.20. The summed E-state index contributed by atoms with van der Waals surface area (Å²) in [7, 11) is 0. The van der Waals surface area contributed by atoms with Crippen LogP contribution in [0.3, 0.4) is 0 Å². The van der Waals surface area contributed by atoms with Crippen molar-refractivity contribution in [2.45, 2.75) is 19.1 Å². The number of hydrogen-bond acceptors (Lipinski definition) is 2. The van der Waals surface area contributed by atoms with E-state index in [9.17, 15) is 14.3 Å². The molecule has 2 unspecified atom stereocenters. The van der Waals surface area contributed by atoms with E-state index in [1.807, 2.05) is 18.2 Å². The van der Waals surface area contributed by atoms with Crippen molar-refractivity contribution in [3.05, 3.63) is 71.7 Å². The van der Waals surface area contributed by atoms with Crippen molar-refractivity contribution in [2.75, 3.05) is 0 Å². The van der Waals surface area contributed by atoms with Crippen LogP contribution in [-0.2, 0) is 0 Å². The fourth-order valence-electron chi connectivity index (χ4n) is 2.59. The van der Waals surface area contributed by atoms with Gasteiger partial charge in [0.25, 0.3) is 5.91 Å². The van der Waals surface area contributed by atoms with Crippen LogP contribution >= 0.6 is 0 Å². The lowest BCUT2D eigenvalue weighted by Crippen LogP contribution is -2.37. The standard InChI is InChI=1S/C18H17FN2O2/c1-11(17(22)13-5-7-14(19)8-6-13)21-18(23)15-4-2-3-12-9-10-20-16(12)15/h2-11,17,20,22H,1H3,(H,21,23). The number of H-pyrrole nitrogens is 1. The first-order chi connectivity index (χ1) is 11.1. The predicted octanol–water partition coefficient (Wildman–Crippen LogP) is 3.16. The first-order valence-electron chi connectivity index (χ1n) is 7.37. The smallest absolute Gasteiger partial charge is 0.253 e. The molecule has 118 valence electrons. The summed E-state index contributed by atoms with van der Waals surface area (Å²) in [6, 6.07) is 12.4. The van der Waals surface area contributed by atoms with E-state index in [4.69, 9.17) is 0 Å². The normalized spacial score (nSPS) is 13.7. The molecule has 1 heterocycles. The molecule has 3 rings (SSSR count). The number of aliphatic hydroxyl groups excluding tert-OH is 1. The summed E-state index contributed by atoms with van der Waals surface area (Å²) >= 11 is 0. The van der Waals surface area contributed by atoms with Gasteiger partial charge in [-0.3, -0.25) is 4.79 Å². The molecule has 2 atom stereocenters. The molecule has 3 N–H and O–H groups in total. The molecular formula is C18H17FN2O2. The quantitative estimate of drug-likeness (QED) is 0.693. The minimum Gasteiger partial charge on any atom is -0.386 e. The van der Waals surface area contributed by atoms with E-state index >= 15 is 0 Å². The number of aromatic amines is 1. The number of nitrogens with one attached hydrogen (secondary N) is 2. The Morgan fingerprint density at radius 1 is 1.17 bits per heavy atom. The summed E-state index contributed by atoms with van der Waals surface area (Å²) in [5, 5.41) is 14.0. The lowest BCUT2D eigenvalue weighted by molar-refractivity contribution is 0.0853. The van der Waals surface area contributed by atoms with Crippen LogP contribution in [0.4, 0.5) is 4.39 Å². The molecule has 3 aromatic rings. The molecule has 0 spiro atoms. The predicted molar refractivity (Wildman–Crippen MR) is 86.6 cm³/mol. The third kappa shape index (κ3) is 3.10. The fraction of sp³-hybridized carbons (Fsp3) is 0.167. The van der Waals surface area contributed by atoms with Gasteiger partial charge in [-0.05, 0) is 36.8 Å². The average molecular weight is 312 g/mol. The summed E-state index contributed by atoms with van der Waals surface area (Å²) in [6.45, 7) is 1.71. The molecular weight excluding hydrogens is 295 g/mol. The number of benzene rings is 2. The Morgan fingerprint density at radius 3 is 2.65 bits per heavy atom. The first kappa shape index (κ1) is 15.2. The third-order valence-electron chi connectivity index (χ3n) is 3.88. The SMILES string of the molecule is CC(NC(=O)c1cccc2cc[nH]c12)C(O)c1ccc(F)cc1. The second-order valence-corrected chi connectivity index (χ2v) is 5.51. The molecule has 1 aromatic heterocycles. The van der Waals surface area contributed by atoms with E-state index in [-0.39, 0.29) is 11.7 Å². The Labute approximate surface area is 133 Å². The van der Waals surface area contributed by atoms with Crippen LogP contribution in [0, 0.1) is 5.82 Å². The molecule has 4 nitrogen and oxygen atoms in total. The zero-order chi connectivity index (χ0) is 16.4. The number of para-hydroxylation sites is 1. The highest BCUT2D eigenvalue weighted by molar-refractivity contribution is 6.05. The number of aliphatic hydroxyl groups is 1. The molecule has 2 aromatic carbocycles. The van der Waals surface area contributed by atoms with Gasteiger partial charge < -0.3 is 15.4 Å². The number of amides is 1. The van der Waals surface area contributed by atoms with Crippen LogP contribution < -0.4 is 5.32 Å². The van der Waals surface area contributed by atoms with Gasteiger partial charge in [-0.25, -0.2) is 4.39 Å². The number of carbonyl (C=O) groups is 1. The maximum atomic E-state index is 12.9. The van der Waals surface area contributed by atoms with Crippen molar-refractivity contribution >= 4 is 16.8 Å². The van der Waals surface area contributed by atoms with Gasteiger partial charge in [0.1, 0.15) is 5.82 Å². The molecule has 5 heteroatoms. The van der Waals surface area contributed by atoms with Gasteiger partial charge in [0.2, 0.25) is 0 Å². The number of aromatic nitrogens is 1. The summed E-state index contributed by atoms with van der Waals surface area (Å²) in [6.07, 6.45) is 0.862. The second kappa shape index (κ2) is 6.22. The number of halogens is 1. The van der Waals surface area contributed by atoms with Crippen LogP contribution in [0.1, 0.15) is 28.9 Å². The van der Waals surface area contributed by atoms with Gasteiger partial charge in [0.15, 0.2) is 0 Å². The maximum absolute atomic E-state index is 12.9. The number of rotatable bonds is 4. The minimum absolute atomic E-state index is 0.272. The van der Waals surface area contributed by atoms with Crippen LogP contribution in [0.5, 0.6) is 0 Å². The van der Waals surface area contributed by atoms with Gasteiger partial charge in [0.05, 0.1) is 23.2 Å². The van der Waals surface area contributed by atoms with Crippen molar-refractivity contribution in [1.82, 2.24) is 10.3 Å². The van der Waals surface area contributed by atoms with Crippen molar-refractivity contribution in [3.63, 3.8) is 0 Å². The second-order valence-electron chi connectivity index (χ2n) is 5.51. The van der Waals surface area contributed by atoms with Crippen LogP contribution in [0.2, 0.25) is 0 Å². The molecule has 0 bridgehead atoms. The highest BCUT2D eigenvalue weighted by Gasteiger charge is 2.20. The maximum Gasteiger partial charge on any atom is 0.253 e. The Bertz CT molecular complexity index is 826. The van der Waals surface area contributed by atoms with Gasteiger partial charge in [-0.2, -0.15) is 0 Å². The van der Waals surface area contributed by atoms with Crippen molar-refractivity contribution < 1.29 is 14.3 Å². The molecule has 0 fully saturated rings. The molecule has 0 saturated carbocycles. The van der Waals surface area contributed by atoms with E-state index in [0.29, 0.717) is 11.1 Å². The van der Waals surface area contributed by atoms with Crippen LogP contribution in [0.25, 0.3) is 10.9 Å². The molecule has 1 amide bonds. The number of hydrogen-bond donors (Lipinski definition) is 3. The molecule has 0 saturated heterocycles. The zero-order valence-corrected chi connectivity index (χ0v) is 12.6. The minimum atomic E-state index is -0.914. The van der Waals surface area contributed by atoms with Gasteiger partial charge >= 0.3 is 0 Å². The summed E-state index contributed by atoms with van der Waals surface area (Å²) < 4.78 is 12.9. The van der Waals surface area contributed by atoms with E-state index in [0.717, 1.165) is 10.9 Å². The molecule has 0 aliphatic heterocycles.